The van der Waals surface area contributed by atoms with Crippen LogP contribution in [0, 0.1) is 25.2 Å². The summed E-state index contributed by atoms with van der Waals surface area (Å²) in [6, 6.07) is 12.1. The number of carbonyl (C=O) groups excluding carboxylic acids is 2. The van der Waals surface area contributed by atoms with Crippen LogP contribution in [-0.2, 0) is 27.1 Å². The lowest BCUT2D eigenvalue weighted by molar-refractivity contribution is -0.142. The maximum Gasteiger partial charge on any atom is 0.514 e. The molecule has 1 atom stereocenters. The molecule has 0 aliphatic heterocycles. The summed E-state index contributed by atoms with van der Waals surface area (Å²) in [5.41, 5.74) is 9.42. The summed E-state index contributed by atoms with van der Waals surface area (Å²) >= 11 is 0. The van der Waals surface area contributed by atoms with E-state index in [1.807, 2.05) is 39.8 Å². The third kappa shape index (κ3) is 7.10. The zero-order valence-corrected chi connectivity index (χ0v) is 19.2. The molecule has 170 valence electrons. The zero-order valence-electron chi connectivity index (χ0n) is 19.2. The molecule has 0 saturated carbocycles. The van der Waals surface area contributed by atoms with Gasteiger partial charge in [-0.25, -0.2) is 4.79 Å². The molecule has 0 bridgehead atoms. The van der Waals surface area contributed by atoms with Crippen LogP contribution in [0.3, 0.4) is 0 Å². The Bertz CT molecular complexity index is 983. The molecule has 0 amide bonds. The molecule has 32 heavy (non-hydrogen) atoms. The van der Waals surface area contributed by atoms with Gasteiger partial charge in [0, 0.05) is 0 Å². The summed E-state index contributed by atoms with van der Waals surface area (Å²) in [7, 11) is 1.30. The van der Waals surface area contributed by atoms with Gasteiger partial charge in [-0.3, -0.25) is 4.79 Å². The highest BCUT2D eigenvalue weighted by atomic mass is 16.7. The molecule has 0 radical (unpaired) electrons. The summed E-state index contributed by atoms with van der Waals surface area (Å²) < 4.78 is 15.6. The van der Waals surface area contributed by atoms with Crippen molar-refractivity contribution in [2.24, 2.45) is 5.73 Å². The fourth-order valence-corrected chi connectivity index (χ4v) is 3.37. The van der Waals surface area contributed by atoms with E-state index in [9.17, 15) is 9.59 Å². The number of methoxy groups -OCH3 is 1. The largest absolute Gasteiger partial charge is 0.514 e. The number of nitrogens with two attached hydrogens (primary N) is 1. The van der Waals surface area contributed by atoms with Crippen molar-refractivity contribution in [3.05, 3.63) is 64.2 Å². The number of benzene rings is 2. The minimum Gasteiger partial charge on any atom is -0.468 e. The molecule has 7 heteroatoms. The van der Waals surface area contributed by atoms with E-state index >= 15 is 0 Å². The first-order chi connectivity index (χ1) is 15.0. The van der Waals surface area contributed by atoms with Crippen molar-refractivity contribution in [1.82, 2.24) is 0 Å². The second kappa shape index (κ2) is 10.8. The lowest BCUT2D eigenvalue weighted by atomic mass is 9.96. The Morgan fingerprint density at radius 2 is 1.72 bits per heavy atom. The summed E-state index contributed by atoms with van der Waals surface area (Å²) in [4.78, 5) is 24.0. The highest BCUT2D eigenvalue weighted by Crippen LogP contribution is 2.25. The van der Waals surface area contributed by atoms with E-state index in [1.54, 1.807) is 24.3 Å². The Labute approximate surface area is 189 Å². The average Bonchev–Trinajstić information content (AvgIpc) is 2.74. The van der Waals surface area contributed by atoms with Crippen LogP contribution in [-0.4, -0.2) is 30.9 Å². The Hall–Kier alpha value is -3.37. The van der Waals surface area contributed by atoms with E-state index in [4.69, 9.17) is 20.5 Å². The standard InChI is InChI=1S/C25H30N2O5/c1-16-12-20(13-17(2)21(16)14-22(27)23(28)30-5)31-24(29)32-25(3,4)11-10-18-6-8-19(15-26)9-7-18/h6-9,12-13,22H,10-11,14,27H2,1-5H3/t22-/m0/s1. The van der Waals surface area contributed by atoms with Gasteiger partial charge in [-0.1, -0.05) is 12.1 Å². The number of aryl methyl sites for hydroxylation is 3. The first-order valence-corrected chi connectivity index (χ1v) is 10.4. The minimum atomic E-state index is -0.785. The van der Waals surface area contributed by atoms with Gasteiger partial charge < -0.3 is 19.9 Å². The van der Waals surface area contributed by atoms with Crippen LogP contribution < -0.4 is 10.5 Å². The third-order valence-electron chi connectivity index (χ3n) is 5.26. The Morgan fingerprint density at radius 1 is 1.12 bits per heavy atom. The number of rotatable bonds is 8. The molecular formula is C25H30N2O5. The fraction of sp³-hybridized carbons (Fsp3) is 0.400. The number of ether oxygens (including phenoxy) is 3. The van der Waals surface area contributed by atoms with Crippen LogP contribution in [0.1, 0.15) is 48.1 Å². The van der Waals surface area contributed by atoms with Gasteiger partial charge in [0.2, 0.25) is 0 Å². The van der Waals surface area contributed by atoms with Crippen molar-refractivity contribution in [2.75, 3.05) is 7.11 Å². The Kier molecular flexibility index (Phi) is 8.39. The van der Waals surface area contributed by atoms with Gasteiger partial charge in [-0.15, -0.1) is 0 Å². The van der Waals surface area contributed by atoms with Crippen molar-refractivity contribution in [2.45, 2.75) is 58.6 Å². The molecule has 2 rings (SSSR count). The van der Waals surface area contributed by atoms with Gasteiger partial charge in [0.15, 0.2) is 0 Å². The summed E-state index contributed by atoms with van der Waals surface area (Å²) in [6.45, 7) is 7.38. The molecule has 0 aromatic heterocycles. The van der Waals surface area contributed by atoms with Gasteiger partial charge >= 0.3 is 12.1 Å². The molecule has 0 heterocycles. The second-order valence-electron chi connectivity index (χ2n) is 8.39. The van der Waals surface area contributed by atoms with Crippen molar-refractivity contribution < 1.29 is 23.8 Å². The summed E-state index contributed by atoms with van der Waals surface area (Å²) in [5, 5.41) is 8.88. The van der Waals surface area contributed by atoms with E-state index in [0.717, 1.165) is 22.3 Å². The van der Waals surface area contributed by atoms with E-state index < -0.39 is 23.8 Å². The normalized spacial score (nSPS) is 11.9. The van der Waals surface area contributed by atoms with Crippen LogP contribution in [0.4, 0.5) is 4.79 Å². The van der Waals surface area contributed by atoms with Gasteiger partial charge in [-0.05, 0) is 93.5 Å². The number of hydrogen-bond acceptors (Lipinski definition) is 7. The van der Waals surface area contributed by atoms with Crippen LogP contribution in [0.25, 0.3) is 0 Å². The van der Waals surface area contributed by atoms with Crippen molar-refractivity contribution in [3.63, 3.8) is 0 Å². The zero-order chi connectivity index (χ0) is 23.9. The number of esters is 1. The average molecular weight is 439 g/mol. The first kappa shape index (κ1) is 24.9. The summed E-state index contributed by atoms with van der Waals surface area (Å²) in [6.07, 6.45) is 0.834. The summed E-state index contributed by atoms with van der Waals surface area (Å²) in [5.74, 6) is -0.112. The molecule has 0 aliphatic rings. The molecule has 0 fully saturated rings. The van der Waals surface area contributed by atoms with Crippen molar-refractivity contribution >= 4 is 12.1 Å². The second-order valence-corrected chi connectivity index (χ2v) is 8.39. The molecule has 7 nitrogen and oxygen atoms in total. The predicted octanol–water partition coefficient (Wildman–Crippen LogP) is 4.14. The topological polar surface area (TPSA) is 112 Å². The molecule has 0 aliphatic carbocycles. The molecule has 0 unspecified atom stereocenters. The predicted molar refractivity (Wildman–Crippen MR) is 120 cm³/mol. The van der Waals surface area contributed by atoms with E-state index in [1.165, 1.54) is 7.11 Å². The molecule has 2 N–H and O–H groups in total. The van der Waals surface area contributed by atoms with Crippen molar-refractivity contribution in [3.8, 4) is 11.8 Å². The molecule has 2 aromatic carbocycles. The monoisotopic (exact) mass is 438 g/mol. The van der Waals surface area contributed by atoms with E-state index in [-0.39, 0.29) is 0 Å². The Balaban J connectivity index is 1.97. The van der Waals surface area contributed by atoms with E-state index in [2.05, 4.69) is 10.8 Å². The highest BCUT2D eigenvalue weighted by molar-refractivity contribution is 5.76. The lowest BCUT2D eigenvalue weighted by Crippen LogP contribution is -2.34. The smallest absolute Gasteiger partial charge is 0.468 e. The van der Waals surface area contributed by atoms with E-state index in [0.29, 0.717) is 30.6 Å². The highest BCUT2D eigenvalue weighted by Gasteiger charge is 2.25. The fourth-order valence-electron chi connectivity index (χ4n) is 3.37. The molecule has 0 spiro atoms. The lowest BCUT2D eigenvalue weighted by Gasteiger charge is -2.24. The van der Waals surface area contributed by atoms with Crippen LogP contribution in [0.2, 0.25) is 0 Å². The molecular weight excluding hydrogens is 408 g/mol. The minimum absolute atomic E-state index is 0.331. The third-order valence-corrected chi connectivity index (χ3v) is 5.26. The van der Waals surface area contributed by atoms with Crippen molar-refractivity contribution in [1.29, 1.82) is 5.26 Å². The van der Waals surface area contributed by atoms with Crippen LogP contribution in [0.15, 0.2) is 36.4 Å². The first-order valence-electron chi connectivity index (χ1n) is 10.4. The quantitative estimate of drug-likeness (QED) is 0.487. The number of nitrogens with zero attached hydrogens (tertiary/aromatic N) is 1. The maximum atomic E-state index is 12.4. The van der Waals surface area contributed by atoms with Gasteiger partial charge in [0.05, 0.1) is 18.7 Å². The maximum absolute atomic E-state index is 12.4. The number of hydrogen-bond donors (Lipinski definition) is 1. The number of carbonyl (C=O) groups is 2. The molecule has 0 saturated heterocycles. The van der Waals surface area contributed by atoms with Gasteiger partial charge in [-0.2, -0.15) is 5.26 Å². The van der Waals surface area contributed by atoms with Crippen LogP contribution >= 0.6 is 0 Å². The van der Waals surface area contributed by atoms with Gasteiger partial charge in [0.1, 0.15) is 17.4 Å². The van der Waals surface area contributed by atoms with Crippen LogP contribution in [0.5, 0.6) is 5.75 Å². The molecule has 2 aromatic rings. The Morgan fingerprint density at radius 3 is 2.25 bits per heavy atom. The SMILES string of the molecule is COC(=O)[C@@H](N)Cc1c(C)cc(OC(=O)OC(C)(C)CCc2ccc(C#N)cc2)cc1C. The number of nitriles is 1. The van der Waals surface area contributed by atoms with Gasteiger partial charge in [0.25, 0.3) is 0 Å².